The zero-order valence-electron chi connectivity index (χ0n) is 21.1. The predicted molar refractivity (Wildman–Crippen MR) is 133 cm³/mol. The van der Waals surface area contributed by atoms with Crippen LogP contribution in [0.3, 0.4) is 0 Å². The van der Waals surface area contributed by atoms with Crippen LogP contribution in [0.1, 0.15) is 53.2 Å². The normalized spacial score (nSPS) is 22.2. The molecule has 3 aromatic rings. The van der Waals surface area contributed by atoms with E-state index in [2.05, 4.69) is 0 Å². The summed E-state index contributed by atoms with van der Waals surface area (Å²) in [6.07, 6.45) is -9.89. The van der Waals surface area contributed by atoms with Crippen molar-refractivity contribution < 1.29 is 40.3 Å². The Balaban J connectivity index is 1.52. The van der Waals surface area contributed by atoms with Crippen LogP contribution in [0, 0.1) is 5.82 Å². The van der Waals surface area contributed by atoms with Gasteiger partial charge in [-0.1, -0.05) is 48.5 Å². The number of carbonyl (C=O) groups excluding carboxylic acids is 1. The van der Waals surface area contributed by atoms with E-state index in [9.17, 15) is 35.5 Å². The van der Waals surface area contributed by atoms with Crippen molar-refractivity contribution in [1.29, 1.82) is 0 Å². The Hall–Kier alpha value is -3.66. The van der Waals surface area contributed by atoms with Crippen LogP contribution < -0.4 is 0 Å². The highest BCUT2D eigenvalue weighted by Crippen LogP contribution is 2.44. The van der Waals surface area contributed by atoms with Crippen molar-refractivity contribution in [3.63, 3.8) is 0 Å². The van der Waals surface area contributed by atoms with Gasteiger partial charge >= 0.3 is 12.4 Å². The van der Waals surface area contributed by atoms with Gasteiger partial charge in [0.05, 0.1) is 35.8 Å². The van der Waals surface area contributed by atoms with Crippen LogP contribution in [-0.4, -0.2) is 29.5 Å². The minimum absolute atomic E-state index is 0.0690. The van der Waals surface area contributed by atoms with Gasteiger partial charge in [-0.3, -0.25) is 4.79 Å². The van der Waals surface area contributed by atoms with E-state index >= 15 is 0 Å². The molecule has 1 saturated heterocycles. The lowest BCUT2D eigenvalue weighted by Gasteiger charge is -2.31. The first-order valence-corrected chi connectivity index (χ1v) is 12.6. The molecule has 1 amide bonds. The molecule has 0 aliphatic carbocycles. The van der Waals surface area contributed by atoms with Crippen molar-refractivity contribution >= 4 is 11.5 Å². The number of ether oxygens (including phenoxy) is 1. The van der Waals surface area contributed by atoms with Crippen LogP contribution >= 0.6 is 0 Å². The number of benzene rings is 3. The molecule has 10 heteroatoms. The van der Waals surface area contributed by atoms with Gasteiger partial charge in [0.15, 0.2) is 0 Å². The molecule has 0 aromatic heterocycles. The van der Waals surface area contributed by atoms with E-state index < -0.39 is 53.5 Å². The van der Waals surface area contributed by atoms with E-state index in [-0.39, 0.29) is 30.5 Å². The number of nitrogens with zero attached hydrogens (tertiary/aromatic N) is 1. The molecule has 2 aliphatic heterocycles. The second-order valence-electron chi connectivity index (χ2n) is 10.0. The largest absolute Gasteiger partial charge is 0.416 e. The third-order valence-electron chi connectivity index (χ3n) is 7.40. The molecule has 3 aromatic carbocycles. The van der Waals surface area contributed by atoms with Crippen LogP contribution in [0.4, 0.5) is 30.7 Å². The number of carbonyl (C=O) groups is 1. The molecule has 1 unspecified atom stereocenters. The number of hydrogen-bond donors (Lipinski definition) is 0. The van der Waals surface area contributed by atoms with E-state index in [4.69, 9.17) is 4.74 Å². The van der Waals surface area contributed by atoms with E-state index in [0.29, 0.717) is 17.7 Å². The summed E-state index contributed by atoms with van der Waals surface area (Å²) in [5, 5.41) is 0. The van der Waals surface area contributed by atoms with Crippen molar-refractivity contribution in [3.8, 4) is 0 Å². The molecular formula is C30H24F7NO2. The molecular weight excluding hydrogens is 539 g/mol. The summed E-state index contributed by atoms with van der Waals surface area (Å²) in [5.41, 5.74) is -0.883. The number of amides is 1. The molecule has 2 heterocycles. The summed E-state index contributed by atoms with van der Waals surface area (Å²) in [6, 6.07) is 15.7. The maximum Gasteiger partial charge on any atom is 0.416 e. The zero-order valence-corrected chi connectivity index (χ0v) is 21.1. The monoisotopic (exact) mass is 563 g/mol. The number of rotatable bonds is 5. The summed E-state index contributed by atoms with van der Waals surface area (Å²) in [4.78, 5) is 14.8. The molecule has 1 fully saturated rings. The number of alkyl halides is 6. The first-order valence-electron chi connectivity index (χ1n) is 12.6. The topological polar surface area (TPSA) is 29.5 Å². The van der Waals surface area contributed by atoms with Gasteiger partial charge in [-0.15, -0.1) is 0 Å². The molecule has 3 nitrogen and oxygen atoms in total. The molecule has 4 atom stereocenters. The Morgan fingerprint density at radius 1 is 0.875 bits per heavy atom. The van der Waals surface area contributed by atoms with Crippen LogP contribution in [0.15, 0.2) is 78.9 Å². The zero-order chi connectivity index (χ0) is 28.8. The van der Waals surface area contributed by atoms with Gasteiger partial charge in [-0.25, -0.2) is 4.39 Å². The highest BCUT2D eigenvalue weighted by molar-refractivity contribution is 5.92. The van der Waals surface area contributed by atoms with Crippen LogP contribution in [0.5, 0.6) is 0 Å². The fourth-order valence-corrected chi connectivity index (χ4v) is 5.46. The van der Waals surface area contributed by atoms with Crippen molar-refractivity contribution in [2.24, 2.45) is 0 Å². The van der Waals surface area contributed by atoms with Crippen molar-refractivity contribution in [3.05, 3.63) is 113 Å². The Labute approximate surface area is 225 Å². The maximum absolute atomic E-state index is 13.8. The second kappa shape index (κ2) is 10.4. The molecule has 5 rings (SSSR count). The van der Waals surface area contributed by atoms with Gasteiger partial charge in [-0.05, 0) is 59.5 Å². The summed E-state index contributed by atoms with van der Waals surface area (Å²) >= 11 is 0. The molecule has 40 heavy (non-hydrogen) atoms. The Bertz CT molecular complexity index is 1380. The molecule has 2 aliphatic rings. The summed E-state index contributed by atoms with van der Waals surface area (Å²) in [7, 11) is 0. The molecule has 0 bridgehead atoms. The number of fused-ring (bicyclic) bond motifs is 1. The smallest absolute Gasteiger partial charge is 0.368 e. The lowest BCUT2D eigenvalue weighted by atomic mass is 9.85. The third-order valence-corrected chi connectivity index (χ3v) is 7.40. The average Bonchev–Trinajstić information content (AvgIpc) is 3.26. The fraction of sp³-hybridized carbons (Fsp3) is 0.300. The summed E-state index contributed by atoms with van der Waals surface area (Å²) < 4.78 is 101. The lowest BCUT2D eigenvalue weighted by molar-refractivity contribution is -0.143. The van der Waals surface area contributed by atoms with Crippen molar-refractivity contribution in [1.82, 2.24) is 4.90 Å². The Morgan fingerprint density at radius 3 is 2.05 bits per heavy atom. The molecule has 0 spiro atoms. The molecule has 210 valence electrons. The van der Waals surface area contributed by atoms with Gasteiger partial charge in [0.2, 0.25) is 5.91 Å². The Morgan fingerprint density at radius 2 is 1.48 bits per heavy atom. The van der Waals surface area contributed by atoms with Crippen LogP contribution in [-0.2, 0) is 21.9 Å². The maximum atomic E-state index is 13.8. The standard InChI is InChI=1S/C30H24F7NO2/c1-17(20-11-22(29(32,33)34)15-23(12-20)30(35,36)37)40-26-16-38-25(28(26)19-7-9-24(31)10-8-19)13-21(14-27(38)39)18-5-3-2-4-6-18/h2-13,15,17,25-26,28H,14,16H2,1H3/t17-,25?,26+,28+/m1/s1. The predicted octanol–water partition coefficient (Wildman–Crippen LogP) is 7.79. The van der Waals surface area contributed by atoms with E-state index in [1.807, 2.05) is 36.4 Å². The highest BCUT2D eigenvalue weighted by atomic mass is 19.4. The molecule has 0 saturated carbocycles. The second-order valence-corrected chi connectivity index (χ2v) is 10.0. The van der Waals surface area contributed by atoms with Gasteiger partial charge < -0.3 is 9.64 Å². The number of hydrogen-bond acceptors (Lipinski definition) is 2. The fourth-order valence-electron chi connectivity index (χ4n) is 5.46. The Kier molecular flexibility index (Phi) is 7.24. The van der Waals surface area contributed by atoms with E-state index in [1.54, 1.807) is 17.0 Å². The highest BCUT2D eigenvalue weighted by Gasteiger charge is 2.47. The first kappa shape index (κ1) is 27.9. The van der Waals surface area contributed by atoms with Gasteiger partial charge in [0, 0.05) is 12.5 Å². The molecule has 0 radical (unpaired) electrons. The average molecular weight is 564 g/mol. The van der Waals surface area contributed by atoms with Crippen LogP contribution in [0.25, 0.3) is 5.57 Å². The van der Waals surface area contributed by atoms with Crippen LogP contribution in [0.2, 0.25) is 0 Å². The SMILES string of the molecule is C[C@@H](O[C@H]1CN2C(=O)CC(c3ccccc3)=CC2[C@@H]1c1ccc(F)cc1)c1cc(C(F)(F)F)cc(C(F)(F)F)c1. The lowest BCUT2D eigenvalue weighted by Crippen LogP contribution is -2.39. The summed E-state index contributed by atoms with van der Waals surface area (Å²) in [6.45, 7) is 1.45. The quantitative estimate of drug-likeness (QED) is 0.297. The van der Waals surface area contributed by atoms with E-state index in [0.717, 1.165) is 11.1 Å². The van der Waals surface area contributed by atoms with Crippen molar-refractivity contribution in [2.75, 3.05) is 6.54 Å². The number of halogens is 7. The summed E-state index contributed by atoms with van der Waals surface area (Å²) in [5.74, 6) is -1.21. The van der Waals surface area contributed by atoms with Gasteiger partial charge in [0.25, 0.3) is 0 Å². The molecule has 0 N–H and O–H groups in total. The minimum Gasteiger partial charge on any atom is -0.368 e. The van der Waals surface area contributed by atoms with E-state index in [1.165, 1.54) is 19.1 Å². The van der Waals surface area contributed by atoms with Gasteiger partial charge in [-0.2, -0.15) is 26.3 Å². The third kappa shape index (κ3) is 5.63. The minimum atomic E-state index is -4.99. The van der Waals surface area contributed by atoms with Gasteiger partial charge in [0.1, 0.15) is 5.82 Å². The first-order chi connectivity index (χ1) is 18.8. The van der Waals surface area contributed by atoms with Crippen molar-refractivity contribution in [2.45, 2.75) is 49.9 Å².